The maximum atomic E-state index is 5.48. The molecule has 1 aromatic carbocycles. The van der Waals surface area contributed by atoms with E-state index in [-0.39, 0.29) is 0 Å². The molecule has 7 nitrogen and oxygen atoms in total. The van der Waals surface area contributed by atoms with Crippen LogP contribution in [0, 0.1) is 0 Å². The highest BCUT2D eigenvalue weighted by Crippen LogP contribution is 2.39. The van der Waals surface area contributed by atoms with Gasteiger partial charge in [-0.1, -0.05) is 18.2 Å². The predicted molar refractivity (Wildman–Crippen MR) is 81.2 cm³/mol. The molecule has 4 rings (SSSR count). The average molecular weight is 281 g/mol. The first-order chi connectivity index (χ1) is 10.3. The molecule has 0 saturated carbocycles. The van der Waals surface area contributed by atoms with Gasteiger partial charge in [-0.05, 0) is 25.0 Å². The van der Waals surface area contributed by atoms with Crippen molar-refractivity contribution in [1.82, 2.24) is 20.2 Å². The summed E-state index contributed by atoms with van der Waals surface area (Å²) < 4.78 is 0. The molecule has 0 fully saturated rings. The smallest absolute Gasteiger partial charge is 0.241 e. The number of aromatic nitrogens is 4. The lowest BCUT2D eigenvalue weighted by Gasteiger charge is -2.24. The van der Waals surface area contributed by atoms with E-state index in [1.807, 2.05) is 6.07 Å². The number of para-hydroxylation sites is 1. The van der Waals surface area contributed by atoms with Crippen LogP contribution in [0.3, 0.4) is 0 Å². The first-order valence-corrected chi connectivity index (χ1v) is 6.83. The molecule has 1 aliphatic rings. The molecule has 0 amide bonds. The van der Waals surface area contributed by atoms with Crippen LogP contribution in [-0.2, 0) is 6.42 Å². The van der Waals surface area contributed by atoms with Crippen molar-refractivity contribution in [2.24, 2.45) is 5.84 Å². The van der Waals surface area contributed by atoms with Crippen LogP contribution < -0.4 is 16.2 Å². The Labute approximate surface area is 121 Å². The van der Waals surface area contributed by atoms with E-state index in [0.29, 0.717) is 17.6 Å². The molecule has 4 N–H and O–H groups in total. The molecule has 1 atom stereocenters. The van der Waals surface area contributed by atoms with E-state index in [1.54, 1.807) is 6.20 Å². The Hall–Kier alpha value is -2.67. The third kappa shape index (κ3) is 1.74. The lowest BCUT2D eigenvalue weighted by atomic mass is 10.1. The normalized spacial score (nSPS) is 17.2. The summed E-state index contributed by atoms with van der Waals surface area (Å²) in [6.45, 7) is 2.18. The number of anilines is 3. The number of fused-ring (bicyclic) bond motifs is 2. The van der Waals surface area contributed by atoms with Gasteiger partial charge >= 0.3 is 0 Å². The van der Waals surface area contributed by atoms with Gasteiger partial charge < -0.3 is 4.90 Å². The number of hydrazine groups is 1. The van der Waals surface area contributed by atoms with Crippen LogP contribution in [-0.4, -0.2) is 26.2 Å². The zero-order chi connectivity index (χ0) is 14.4. The number of nitrogens with zero attached hydrogens (tertiary/aromatic N) is 4. The molecule has 1 unspecified atom stereocenters. The Bertz CT molecular complexity index is 810. The van der Waals surface area contributed by atoms with Crippen LogP contribution in [0.4, 0.5) is 17.5 Å². The van der Waals surface area contributed by atoms with E-state index in [0.717, 1.165) is 17.6 Å². The first kappa shape index (κ1) is 12.1. The van der Waals surface area contributed by atoms with Crippen LogP contribution in [0.25, 0.3) is 11.0 Å². The Kier molecular flexibility index (Phi) is 2.55. The van der Waals surface area contributed by atoms with Gasteiger partial charge in [-0.15, -0.1) is 0 Å². The lowest BCUT2D eigenvalue weighted by Crippen LogP contribution is -2.25. The summed E-state index contributed by atoms with van der Waals surface area (Å²) in [5, 5.41) is 7.83. The number of aromatic amines is 1. The second-order valence-electron chi connectivity index (χ2n) is 5.20. The minimum atomic E-state index is 0.320. The number of nitrogens with two attached hydrogens (primary N) is 1. The third-order valence-corrected chi connectivity index (χ3v) is 3.85. The van der Waals surface area contributed by atoms with Crippen molar-refractivity contribution in [3.63, 3.8) is 0 Å². The van der Waals surface area contributed by atoms with Crippen molar-refractivity contribution < 1.29 is 0 Å². The molecule has 1 aliphatic heterocycles. The Morgan fingerprint density at radius 1 is 1.33 bits per heavy atom. The quantitative estimate of drug-likeness (QED) is 0.489. The van der Waals surface area contributed by atoms with Gasteiger partial charge in [-0.25, -0.2) is 5.84 Å². The number of benzene rings is 1. The first-order valence-electron chi connectivity index (χ1n) is 6.83. The summed E-state index contributed by atoms with van der Waals surface area (Å²) in [5.74, 6) is 6.67. The number of nitrogen functional groups attached to an aromatic ring is 1. The molecule has 106 valence electrons. The maximum absolute atomic E-state index is 5.48. The van der Waals surface area contributed by atoms with Gasteiger partial charge in [-0.2, -0.15) is 15.1 Å². The molecule has 2 aromatic heterocycles. The maximum Gasteiger partial charge on any atom is 0.241 e. The van der Waals surface area contributed by atoms with Gasteiger partial charge in [0, 0.05) is 11.7 Å². The number of nitrogens with one attached hydrogen (secondary N) is 2. The Morgan fingerprint density at radius 3 is 3.05 bits per heavy atom. The van der Waals surface area contributed by atoms with Crippen molar-refractivity contribution in [2.75, 3.05) is 10.3 Å². The fourth-order valence-corrected chi connectivity index (χ4v) is 2.96. The van der Waals surface area contributed by atoms with Crippen LogP contribution in [0.5, 0.6) is 0 Å². The molecule has 21 heavy (non-hydrogen) atoms. The van der Waals surface area contributed by atoms with Crippen molar-refractivity contribution >= 4 is 28.5 Å². The van der Waals surface area contributed by atoms with Crippen molar-refractivity contribution in [2.45, 2.75) is 19.4 Å². The minimum absolute atomic E-state index is 0.320. The predicted octanol–water partition coefficient (Wildman–Crippen LogP) is 1.72. The van der Waals surface area contributed by atoms with E-state index >= 15 is 0 Å². The second kappa shape index (κ2) is 4.42. The average Bonchev–Trinajstić information content (AvgIpc) is 3.09. The van der Waals surface area contributed by atoms with Gasteiger partial charge in [0.2, 0.25) is 5.95 Å². The Balaban J connectivity index is 1.96. The summed E-state index contributed by atoms with van der Waals surface area (Å²) >= 11 is 0. The molecule has 0 bridgehead atoms. The van der Waals surface area contributed by atoms with E-state index in [4.69, 9.17) is 5.84 Å². The minimum Gasteiger partial charge on any atom is -0.322 e. The molecule has 3 aromatic rings. The topological polar surface area (TPSA) is 95.8 Å². The van der Waals surface area contributed by atoms with E-state index < -0.39 is 0 Å². The zero-order valence-corrected chi connectivity index (χ0v) is 11.5. The number of H-pyrrole nitrogens is 1. The number of hydrogen-bond acceptors (Lipinski definition) is 6. The summed E-state index contributed by atoms with van der Waals surface area (Å²) in [6, 6.07) is 8.69. The number of rotatable bonds is 2. The molecule has 0 saturated heterocycles. The standard InChI is InChI=1S/C14H15N7/c1-8-6-9-4-2-3-5-11(9)21(8)13-10-7-16-20-12(10)17-14(18-13)19-15/h2-5,7-8H,6,15H2,1H3,(H2,16,17,18,19,20). The lowest BCUT2D eigenvalue weighted by molar-refractivity contribution is 0.752. The van der Waals surface area contributed by atoms with Gasteiger partial charge in [0.25, 0.3) is 0 Å². The molecular formula is C14H15N7. The second-order valence-corrected chi connectivity index (χ2v) is 5.20. The fourth-order valence-electron chi connectivity index (χ4n) is 2.96. The largest absolute Gasteiger partial charge is 0.322 e. The summed E-state index contributed by atoms with van der Waals surface area (Å²) in [4.78, 5) is 11.0. The van der Waals surface area contributed by atoms with Gasteiger partial charge in [0.05, 0.1) is 11.6 Å². The molecule has 3 heterocycles. The van der Waals surface area contributed by atoms with Gasteiger partial charge in [0.1, 0.15) is 5.82 Å². The van der Waals surface area contributed by atoms with E-state index in [1.165, 1.54) is 11.3 Å². The summed E-state index contributed by atoms with van der Waals surface area (Å²) in [6.07, 6.45) is 2.74. The van der Waals surface area contributed by atoms with Gasteiger partial charge in [-0.3, -0.25) is 10.5 Å². The summed E-state index contributed by atoms with van der Waals surface area (Å²) in [5.41, 5.74) is 5.68. The van der Waals surface area contributed by atoms with E-state index in [9.17, 15) is 0 Å². The molecular weight excluding hydrogens is 266 g/mol. The Morgan fingerprint density at radius 2 is 2.19 bits per heavy atom. The molecule has 0 aliphatic carbocycles. The van der Waals surface area contributed by atoms with Crippen LogP contribution in [0.15, 0.2) is 30.5 Å². The van der Waals surface area contributed by atoms with Crippen molar-refractivity contribution in [3.05, 3.63) is 36.0 Å². The highest BCUT2D eigenvalue weighted by molar-refractivity contribution is 5.91. The SMILES string of the molecule is CC1Cc2ccccc2N1c1nc(NN)nc2[nH]ncc12. The van der Waals surface area contributed by atoms with Gasteiger partial charge in [0.15, 0.2) is 5.65 Å². The van der Waals surface area contributed by atoms with Crippen LogP contribution in [0.1, 0.15) is 12.5 Å². The third-order valence-electron chi connectivity index (χ3n) is 3.85. The van der Waals surface area contributed by atoms with E-state index in [2.05, 4.69) is 55.6 Å². The zero-order valence-electron chi connectivity index (χ0n) is 11.5. The molecule has 7 heteroatoms. The van der Waals surface area contributed by atoms with Crippen molar-refractivity contribution in [1.29, 1.82) is 0 Å². The van der Waals surface area contributed by atoms with Crippen LogP contribution >= 0.6 is 0 Å². The monoisotopic (exact) mass is 281 g/mol. The summed E-state index contributed by atoms with van der Waals surface area (Å²) in [7, 11) is 0. The van der Waals surface area contributed by atoms with Crippen LogP contribution in [0.2, 0.25) is 0 Å². The van der Waals surface area contributed by atoms with Crippen molar-refractivity contribution in [3.8, 4) is 0 Å². The molecule has 0 radical (unpaired) electrons. The number of hydrogen-bond donors (Lipinski definition) is 3. The molecule has 0 spiro atoms. The fraction of sp³-hybridized carbons (Fsp3) is 0.214. The highest BCUT2D eigenvalue weighted by Gasteiger charge is 2.29. The highest BCUT2D eigenvalue weighted by atomic mass is 15.3.